The molecule has 0 heterocycles. The van der Waals surface area contributed by atoms with Crippen molar-refractivity contribution in [2.75, 3.05) is 39.5 Å². The third-order valence-electron chi connectivity index (χ3n) is 1.98. The van der Waals surface area contributed by atoms with E-state index in [-0.39, 0.29) is 5.24 Å². The third-order valence-corrected chi connectivity index (χ3v) is 2.26. The number of nitrogens with zero attached hydrogens (tertiary/aromatic N) is 1. The molecule has 0 spiro atoms. The predicted octanol–water partition coefficient (Wildman–Crippen LogP) is 2.19. The zero-order valence-electron chi connectivity index (χ0n) is 10.3. The summed E-state index contributed by atoms with van der Waals surface area (Å²) in [5.74, 6) is 0. The molecule has 0 saturated carbocycles. The number of amides is 1. The molecule has 0 aliphatic heterocycles. The molecule has 0 bridgehead atoms. The maximum Gasteiger partial charge on any atom is 0.278 e. The lowest BCUT2D eigenvalue weighted by atomic mass is 10.5. The molecular formula is C11H23NO3S. The summed E-state index contributed by atoms with van der Waals surface area (Å²) in [6.07, 6.45) is 1.99. The van der Waals surface area contributed by atoms with Crippen LogP contribution in [0.1, 0.15) is 26.7 Å². The molecule has 0 rings (SSSR count). The second-order valence-electron chi connectivity index (χ2n) is 3.49. The van der Waals surface area contributed by atoms with Gasteiger partial charge in [0.2, 0.25) is 0 Å². The SMILES string of the molecule is CCCOCCN(CCOCCC)C(=O)S. The summed E-state index contributed by atoms with van der Waals surface area (Å²) in [5.41, 5.74) is 0. The lowest BCUT2D eigenvalue weighted by Crippen LogP contribution is -2.33. The first kappa shape index (κ1) is 15.7. The van der Waals surface area contributed by atoms with E-state index in [1.165, 1.54) is 0 Å². The molecule has 0 saturated heterocycles. The Morgan fingerprint density at radius 3 is 1.75 bits per heavy atom. The van der Waals surface area contributed by atoms with Crippen LogP contribution in [0.4, 0.5) is 4.79 Å². The highest BCUT2D eigenvalue weighted by atomic mass is 32.1. The topological polar surface area (TPSA) is 38.8 Å². The van der Waals surface area contributed by atoms with Crippen molar-refractivity contribution in [3.8, 4) is 0 Å². The molecule has 4 nitrogen and oxygen atoms in total. The van der Waals surface area contributed by atoms with Gasteiger partial charge < -0.3 is 14.4 Å². The van der Waals surface area contributed by atoms with Gasteiger partial charge in [0, 0.05) is 26.3 Å². The van der Waals surface area contributed by atoms with Crippen molar-refractivity contribution in [3.63, 3.8) is 0 Å². The van der Waals surface area contributed by atoms with E-state index in [2.05, 4.69) is 26.5 Å². The summed E-state index contributed by atoms with van der Waals surface area (Å²) in [6, 6.07) is 0. The Balaban J connectivity index is 3.59. The summed E-state index contributed by atoms with van der Waals surface area (Å²) in [6.45, 7) is 7.87. The number of carbonyl (C=O) groups is 1. The van der Waals surface area contributed by atoms with Crippen LogP contribution in [-0.2, 0) is 9.47 Å². The van der Waals surface area contributed by atoms with Gasteiger partial charge in [-0.3, -0.25) is 4.79 Å². The Hall–Kier alpha value is -0.260. The van der Waals surface area contributed by atoms with Crippen LogP contribution in [0, 0.1) is 0 Å². The van der Waals surface area contributed by atoms with Gasteiger partial charge in [0.05, 0.1) is 13.2 Å². The summed E-state index contributed by atoms with van der Waals surface area (Å²) >= 11 is 3.82. The van der Waals surface area contributed by atoms with Gasteiger partial charge >= 0.3 is 0 Å². The van der Waals surface area contributed by atoms with Crippen LogP contribution in [0.2, 0.25) is 0 Å². The summed E-state index contributed by atoms with van der Waals surface area (Å²) < 4.78 is 10.6. The quantitative estimate of drug-likeness (QED) is 0.476. The van der Waals surface area contributed by atoms with Gasteiger partial charge in [-0.1, -0.05) is 26.5 Å². The fourth-order valence-corrected chi connectivity index (χ4v) is 1.35. The highest BCUT2D eigenvalue weighted by Gasteiger charge is 2.08. The third kappa shape index (κ3) is 9.00. The van der Waals surface area contributed by atoms with Gasteiger partial charge in [0.1, 0.15) is 0 Å². The zero-order chi connectivity index (χ0) is 12.2. The zero-order valence-corrected chi connectivity index (χ0v) is 11.2. The Morgan fingerprint density at radius 2 is 1.44 bits per heavy atom. The predicted molar refractivity (Wildman–Crippen MR) is 68.2 cm³/mol. The van der Waals surface area contributed by atoms with Crippen molar-refractivity contribution < 1.29 is 14.3 Å². The van der Waals surface area contributed by atoms with Crippen molar-refractivity contribution in [3.05, 3.63) is 0 Å². The Kier molecular flexibility index (Phi) is 11.0. The molecule has 96 valence electrons. The molecule has 0 fully saturated rings. The minimum atomic E-state index is -0.222. The minimum absolute atomic E-state index is 0.222. The lowest BCUT2D eigenvalue weighted by molar-refractivity contribution is 0.0897. The Labute approximate surface area is 104 Å². The molecule has 0 unspecified atom stereocenters. The van der Waals surface area contributed by atoms with Gasteiger partial charge in [-0.05, 0) is 12.8 Å². The van der Waals surface area contributed by atoms with Crippen LogP contribution in [0.5, 0.6) is 0 Å². The molecule has 0 aromatic heterocycles. The maximum atomic E-state index is 11.2. The number of hydrogen-bond acceptors (Lipinski definition) is 3. The van der Waals surface area contributed by atoms with E-state index in [9.17, 15) is 4.79 Å². The van der Waals surface area contributed by atoms with Crippen molar-refractivity contribution in [1.29, 1.82) is 0 Å². The van der Waals surface area contributed by atoms with Crippen LogP contribution in [0.25, 0.3) is 0 Å². The van der Waals surface area contributed by atoms with Gasteiger partial charge in [-0.25, -0.2) is 0 Å². The molecule has 0 aromatic rings. The highest BCUT2D eigenvalue weighted by molar-refractivity contribution is 7.96. The van der Waals surface area contributed by atoms with Gasteiger partial charge in [-0.2, -0.15) is 0 Å². The lowest BCUT2D eigenvalue weighted by Gasteiger charge is -2.20. The standard InChI is InChI=1S/C11H23NO3S/c1-3-7-14-9-5-12(11(13)16)6-10-15-8-4-2/h3-10H2,1-2H3,(H,13,16). The molecule has 0 aliphatic carbocycles. The van der Waals surface area contributed by atoms with Crippen molar-refractivity contribution in [2.24, 2.45) is 0 Å². The van der Waals surface area contributed by atoms with Gasteiger partial charge in [0.15, 0.2) is 0 Å². The molecule has 0 N–H and O–H groups in total. The second kappa shape index (κ2) is 11.2. The van der Waals surface area contributed by atoms with E-state index in [0.717, 1.165) is 26.1 Å². The largest absolute Gasteiger partial charge is 0.380 e. The molecule has 16 heavy (non-hydrogen) atoms. The van der Waals surface area contributed by atoms with E-state index in [1.54, 1.807) is 4.90 Å². The monoisotopic (exact) mass is 249 g/mol. The first-order valence-corrected chi connectivity index (χ1v) is 6.30. The molecular weight excluding hydrogens is 226 g/mol. The molecule has 0 atom stereocenters. The number of thiol groups is 1. The van der Waals surface area contributed by atoms with Crippen molar-refractivity contribution >= 4 is 17.9 Å². The van der Waals surface area contributed by atoms with Crippen molar-refractivity contribution in [1.82, 2.24) is 4.90 Å². The fourth-order valence-electron chi connectivity index (χ4n) is 1.15. The maximum absolute atomic E-state index is 11.2. The molecule has 1 amide bonds. The molecule has 0 aliphatic rings. The van der Waals surface area contributed by atoms with Crippen LogP contribution < -0.4 is 0 Å². The number of rotatable bonds is 10. The van der Waals surface area contributed by atoms with E-state index in [0.29, 0.717) is 26.3 Å². The second-order valence-corrected chi connectivity index (χ2v) is 3.88. The average Bonchev–Trinajstić information content (AvgIpc) is 2.26. The summed E-state index contributed by atoms with van der Waals surface area (Å²) in [4.78, 5) is 12.8. The molecule has 0 aromatic carbocycles. The summed E-state index contributed by atoms with van der Waals surface area (Å²) in [5, 5.41) is -0.222. The van der Waals surface area contributed by atoms with E-state index in [4.69, 9.17) is 9.47 Å². The summed E-state index contributed by atoms with van der Waals surface area (Å²) in [7, 11) is 0. The van der Waals surface area contributed by atoms with Crippen LogP contribution in [0.3, 0.4) is 0 Å². The Morgan fingerprint density at radius 1 is 1.00 bits per heavy atom. The van der Waals surface area contributed by atoms with Gasteiger partial charge in [0.25, 0.3) is 5.24 Å². The molecule has 5 heteroatoms. The van der Waals surface area contributed by atoms with Crippen LogP contribution >= 0.6 is 12.6 Å². The van der Waals surface area contributed by atoms with E-state index < -0.39 is 0 Å². The fraction of sp³-hybridized carbons (Fsp3) is 0.909. The molecule has 0 radical (unpaired) electrons. The number of carbonyl (C=O) groups excluding carboxylic acids is 1. The number of hydrogen-bond donors (Lipinski definition) is 1. The highest BCUT2D eigenvalue weighted by Crippen LogP contribution is 1.97. The first-order valence-electron chi connectivity index (χ1n) is 5.85. The van der Waals surface area contributed by atoms with Crippen LogP contribution in [-0.4, -0.2) is 49.7 Å². The Bertz CT molecular complexity index is 167. The average molecular weight is 249 g/mol. The van der Waals surface area contributed by atoms with Crippen LogP contribution in [0.15, 0.2) is 0 Å². The van der Waals surface area contributed by atoms with E-state index >= 15 is 0 Å². The normalized spacial score (nSPS) is 10.4. The number of ether oxygens (including phenoxy) is 2. The van der Waals surface area contributed by atoms with Gasteiger partial charge in [-0.15, -0.1) is 0 Å². The smallest absolute Gasteiger partial charge is 0.278 e. The minimum Gasteiger partial charge on any atom is -0.380 e. The van der Waals surface area contributed by atoms with Crippen molar-refractivity contribution in [2.45, 2.75) is 26.7 Å². The first-order chi connectivity index (χ1) is 7.72. The van der Waals surface area contributed by atoms with E-state index in [1.807, 2.05) is 0 Å².